The second-order valence-corrected chi connectivity index (χ2v) is 4.26. The molecule has 0 bridgehead atoms. The molecule has 0 aliphatic heterocycles. The Kier molecular flexibility index (Phi) is 3.99. The monoisotopic (exact) mass is 252 g/mol. The molecule has 1 aromatic heterocycles. The van der Waals surface area contributed by atoms with Crippen molar-refractivity contribution in [3.8, 4) is 6.07 Å². The fourth-order valence-corrected chi connectivity index (χ4v) is 1.93. The van der Waals surface area contributed by atoms with Crippen LogP contribution >= 0.6 is 0 Å². The lowest BCUT2D eigenvalue weighted by atomic mass is 10.1. The standard InChI is InChI=1S/C15H16N4/c1-2-5-11-6-3-4-7-13(11)19-15-14(17)12(10-16)8-9-18-15/h3-4,6-9H,2,5,17H2,1H3,(H,18,19). The zero-order chi connectivity index (χ0) is 13.7. The zero-order valence-electron chi connectivity index (χ0n) is 10.9. The van der Waals surface area contributed by atoms with Crippen molar-refractivity contribution in [2.75, 3.05) is 11.1 Å². The van der Waals surface area contributed by atoms with Crippen LogP contribution in [0.3, 0.4) is 0 Å². The van der Waals surface area contributed by atoms with Gasteiger partial charge in [0.1, 0.15) is 6.07 Å². The van der Waals surface area contributed by atoms with Crippen LogP contribution in [0.4, 0.5) is 17.2 Å². The highest BCUT2D eigenvalue weighted by Crippen LogP contribution is 2.26. The van der Waals surface area contributed by atoms with E-state index in [9.17, 15) is 0 Å². The first-order valence-corrected chi connectivity index (χ1v) is 6.25. The van der Waals surface area contributed by atoms with Gasteiger partial charge in [-0.3, -0.25) is 0 Å². The van der Waals surface area contributed by atoms with E-state index in [0.29, 0.717) is 17.1 Å². The largest absolute Gasteiger partial charge is 0.395 e. The summed E-state index contributed by atoms with van der Waals surface area (Å²) in [6, 6.07) is 11.7. The van der Waals surface area contributed by atoms with Crippen LogP contribution in [0.15, 0.2) is 36.5 Å². The van der Waals surface area contributed by atoms with Crippen molar-refractivity contribution in [3.05, 3.63) is 47.7 Å². The third-order valence-electron chi connectivity index (χ3n) is 2.90. The molecule has 0 amide bonds. The average molecular weight is 252 g/mol. The average Bonchev–Trinajstić information content (AvgIpc) is 2.43. The summed E-state index contributed by atoms with van der Waals surface area (Å²) in [6.45, 7) is 2.14. The predicted octanol–water partition coefficient (Wildman–Crippen LogP) is 3.23. The first kappa shape index (κ1) is 12.9. The van der Waals surface area contributed by atoms with Crippen LogP contribution < -0.4 is 11.1 Å². The topological polar surface area (TPSA) is 74.7 Å². The number of pyridine rings is 1. The normalized spacial score (nSPS) is 9.89. The number of nitrogen functional groups attached to an aromatic ring is 1. The van der Waals surface area contributed by atoms with Gasteiger partial charge < -0.3 is 11.1 Å². The van der Waals surface area contributed by atoms with E-state index >= 15 is 0 Å². The first-order valence-electron chi connectivity index (χ1n) is 6.25. The molecule has 1 heterocycles. The molecule has 2 rings (SSSR count). The van der Waals surface area contributed by atoms with E-state index in [1.807, 2.05) is 18.2 Å². The molecule has 0 atom stereocenters. The number of rotatable bonds is 4. The molecule has 2 aromatic rings. The molecular weight excluding hydrogens is 236 g/mol. The molecule has 3 N–H and O–H groups in total. The van der Waals surface area contributed by atoms with Gasteiger partial charge in [-0.1, -0.05) is 31.5 Å². The fraction of sp³-hybridized carbons (Fsp3) is 0.200. The number of benzene rings is 1. The molecule has 0 aliphatic rings. The molecule has 4 nitrogen and oxygen atoms in total. The molecule has 0 saturated carbocycles. The van der Waals surface area contributed by atoms with Gasteiger partial charge in [0.25, 0.3) is 0 Å². The predicted molar refractivity (Wildman–Crippen MR) is 77.1 cm³/mol. The molecule has 4 heteroatoms. The van der Waals surface area contributed by atoms with Crippen LogP contribution in [0.25, 0.3) is 0 Å². The van der Waals surface area contributed by atoms with Crippen LogP contribution in [-0.4, -0.2) is 4.98 Å². The lowest BCUT2D eigenvalue weighted by Gasteiger charge is -2.12. The summed E-state index contributed by atoms with van der Waals surface area (Å²) in [7, 11) is 0. The van der Waals surface area contributed by atoms with E-state index in [1.54, 1.807) is 12.3 Å². The number of nitrogens with zero attached hydrogens (tertiary/aromatic N) is 2. The van der Waals surface area contributed by atoms with Crippen molar-refractivity contribution < 1.29 is 0 Å². The van der Waals surface area contributed by atoms with Crippen LogP contribution in [0.5, 0.6) is 0 Å². The van der Waals surface area contributed by atoms with E-state index in [2.05, 4.69) is 29.4 Å². The van der Waals surface area contributed by atoms with Crippen LogP contribution in [0, 0.1) is 11.3 Å². The second kappa shape index (κ2) is 5.87. The summed E-state index contributed by atoms with van der Waals surface area (Å²) in [5.41, 5.74) is 8.94. The van der Waals surface area contributed by atoms with Gasteiger partial charge in [-0.2, -0.15) is 5.26 Å². The number of hydrogen-bond acceptors (Lipinski definition) is 4. The SMILES string of the molecule is CCCc1ccccc1Nc1nccc(C#N)c1N. The molecule has 0 saturated heterocycles. The maximum atomic E-state index is 8.96. The third kappa shape index (κ3) is 2.83. The summed E-state index contributed by atoms with van der Waals surface area (Å²) in [6.07, 6.45) is 3.64. The number of aryl methyl sites for hydroxylation is 1. The Labute approximate surface area is 112 Å². The van der Waals surface area contributed by atoms with Gasteiger partial charge in [0.2, 0.25) is 0 Å². The van der Waals surface area contributed by atoms with Crippen molar-refractivity contribution in [2.45, 2.75) is 19.8 Å². The molecule has 1 aromatic carbocycles. The maximum Gasteiger partial charge on any atom is 0.154 e. The van der Waals surface area contributed by atoms with Gasteiger partial charge in [-0.25, -0.2) is 4.98 Å². The van der Waals surface area contributed by atoms with E-state index in [-0.39, 0.29) is 0 Å². The molecule has 0 fully saturated rings. The highest BCUT2D eigenvalue weighted by atomic mass is 15.0. The van der Waals surface area contributed by atoms with Gasteiger partial charge in [-0.05, 0) is 24.1 Å². The minimum atomic E-state index is 0.385. The molecule has 0 unspecified atom stereocenters. The van der Waals surface area contributed by atoms with Crippen LogP contribution in [-0.2, 0) is 6.42 Å². The molecule has 0 radical (unpaired) electrons. The number of aromatic nitrogens is 1. The van der Waals surface area contributed by atoms with E-state index in [1.165, 1.54) is 5.56 Å². The quantitative estimate of drug-likeness (QED) is 0.876. The number of hydrogen-bond donors (Lipinski definition) is 2. The van der Waals surface area contributed by atoms with Gasteiger partial charge in [0, 0.05) is 11.9 Å². The number of nitrogens with two attached hydrogens (primary N) is 1. The summed E-state index contributed by atoms with van der Waals surface area (Å²) in [5.74, 6) is 0.530. The van der Waals surface area contributed by atoms with E-state index in [0.717, 1.165) is 18.5 Å². The Bertz CT molecular complexity index is 614. The Hall–Kier alpha value is -2.54. The number of nitrogens with one attached hydrogen (secondary N) is 1. The van der Waals surface area contributed by atoms with Crippen molar-refractivity contribution in [3.63, 3.8) is 0 Å². The van der Waals surface area contributed by atoms with Crippen LogP contribution in [0.1, 0.15) is 24.5 Å². The van der Waals surface area contributed by atoms with Crippen molar-refractivity contribution in [1.82, 2.24) is 4.98 Å². The van der Waals surface area contributed by atoms with Gasteiger partial charge in [0.15, 0.2) is 5.82 Å². The number of nitriles is 1. The maximum absolute atomic E-state index is 8.96. The van der Waals surface area contributed by atoms with E-state index in [4.69, 9.17) is 11.0 Å². The third-order valence-corrected chi connectivity index (χ3v) is 2.90. The molecule has 0 spiro atoms. The highest BCUT2D eigenvalue weighted by Gasteiger charge is 2.08. The molecule has 19 heavy (non-hydrogen) atoms. The van der Waals surface area contributed by atoms with Gasteiger partial charge in [0.05, 0.1) is 11.3 Å². The van der Waals surface area contributed by atoms with Gasteiger partial charge in [-0.15, -0.1) is 0 Å². The Morgan fingerprint density at radius 1 is 1.32 bits per heavy atom. The zero-order valence-corrected chi connectivity index (χ0v) is 10.9. The summed E-state index contributed by atoms with van der Waals surface area (Å²) >= 11 is 0. The Balaban J connectivity index is 2.34. The summed E-state index contributed by atoms with van der Waals surface area (Å²) in [4.78, 5) is 4.20. The van der Waals surface area contributed by atoms with Crippen molar-refractivity contribution >= 4 is 17.2 Å². The lowest BCUT2D eigenvalue weighted by Crippen LogP contribution is -2.03. The van der Waals surface area contributed by atoms with Crippen LogP contribution in [0.2, 0.25) is 0 Å². The Morgan fingerprint density at radius 2 is 2.11 bits per heavy atom. The highest BCUT2D eigenvalue weighted by molar-refractivity contribution is 5.74. The summed E-state index contributed by atoms with van der Waals surface area (Å²) in [5, 5.41) is 12.2. The van der Waals surface area contributed by atoms with Gasteiger partial charge >= 0.3 is 0 Å². The minimum absolute atomic E-state index is 0.385. The Morgan fingerprint density at radius 3 is 2.84 bits per heavy atom. The van der Waals surface area contributed by atoms with Crippen molar-refractivity contribution in [1.29, 1.82) is 5.26 Å². The lowest BCUT2D eigenvalue weighted by molar-refractivity contribution is 0.923. The molecular formula is C15H16N4. The number of para-hydroxylation sites is 1. The number of anilines is 3. The molecule has 96 valence electrons. The van der Waals surface area contributed by atoms with E-state index < -0.39 is 0 Å². The van der Waals surface area contributed by atoms with Crippen molar-refractivity contribution in [2.24, 2.45) is 0 Å². The fourth-order valence-electron chi connectivity index (χ4n) is 1.93. The summed E-state index contributed by atoms with van der Waals surface area (Å²) < 4.78 is 0. The second-order valence-electron chi connectivity index (χ2n) is 4.26. The molecule has 0 aliphatic carbocycles. The smallest absolute Gasteiger partial charge is 0.154 e. The minimum Gasteiger partial charge on any atom is -0.395 e. The first-order chi connectivity index (χ1) is 9.26.